The Hall–Kier alpha value is -0.650. The van der Waals surface area contributed by atoms with Gasteiger partial charge in [-0.25, -0.2) is 4.39 Å². The van der Waals surface area contributed by atoms with Gasteiger partial charge in [-0.05, 0) is 52.9 Å². The largest absolute Gasteiger partial charge is 0.306 e. The van der Waals surface area contributed by atoms with E-state index in [1.165, 1.54) is 6.07 Å². The van der Waals surface area contributed by atoms with Crippen LogP contribution in [0.5, 0.6) is 0 Å². The summed E-state index contributed by atoms with van der Waals surface area (Å²) < 4.78 is 15.2. The lowest BCUT2D eigenvalue weighted by Crippen LogP contribution is -2.23. The van der Waals surface area contributed by atoms with Crippen molar-refractivity contribution in [3.05, 3.63) is 68.0 Å². The highest BCUT2D eigenvalue weighted by molar-refractivity contribution is 14.1. The first-order valence-corrected chi connectivity index (χ1v) is 7.52. The molecule has 0 aromatic heterocycles. The fraction of sp³-hybridized carbons (Fsp3) is 0.200. The van der Waals surface area contributed by atoms with E-state index in [9.17, 15) is 4.39 Å². The van der Waals surface area contributed by atoms with Crippen molar-refractivity contribution in [2.75, 3.05) is 6.54 Å². The first kappa shape index (κ1) is 14.8. The molecule has 0 saturated heterocycles. The molecule has 19 heavy (non-hydrogen) atoms. The second kappa shape index (κ2) is 6.68. The maximum Gasteiger partial charge on any atom is 0.129 e. The Kier molecular flexibility index (Phi) is 5.19. The molecule has 0 fully saturated rings. The third-order valence-electron chi connectivity index (χ3n) is 2.90. The van der Waals surface area contributed by atoms with Crippen molar-refractivity contribution in [3.8, 4) is 0 Å². The van der Waals surface area contributed by atoms with Crippen LogP contribution in [0.3, 0.4) is 0 Å². The van der Waals surface area contributed by atoms with Gasteiger partial charge in [0.25, 0.3) is 0 Å². The minimum absolute atomic E-state index is 0.157. The molecule has 100 valence electrons. The van der Waals surface area contributed by atoms with Crippen LogP contribution in [0.1, 0.15) is 24.1 Å². The van der Waals surface area contributed by atoms with Crippen molar-refractivity contribution in [2.24, 2.45) is 0 Å². The van der Waals surface area contributed by atoms with Crippen LogP contribution in [0.2, 0.25) is 5.02 Å². The summed E-state index contributed by atoms with van der Waals surface area (Å²) in [6, 6.07) is 12.7. The molecule has 0 spiro atoms. The van der Waals surface area contributed by atoms with Crippen LogP contribution in [0.25, 0.3) is 0 Å². The fourth-order valence-electron chi connectivity index (χ4n) is 2.04. The van der Waals surface area contributed by atoms with Gasteiger partial charge in [0.15, 0.2) is 0 Å². The first-order valence-electron chi connectivity index (χ1n) is 6.06. The minimum atomic E-state index is -0.280. The van der Waals surface area contributed by atoms with Gasteiger partial charge < -0.3 is 5.32 Å². The van der Waals surface area contributed by atoms with Gasteiger partial charge in [0.05, 0.1) is 6.04 Å². The van der Waals surface area contributed by atoms with E-state index in [2.05, 4.69) is 27.9 Å². The third kappa shape index (κ3) is 3.46. The summed E-state index contributed by atoms with van der Waals surface area (Å²) in [5, 5.41) is 3.74. The molecule has 2 aromatic carbocycles. The van der Waals surface area contributed by atoms with Crippen molar-refractivity contribution in [1.29, 1.82) is 0 Å². The van der Waals surface area contributed by atoms with Gasteiger partial charge in [-0.1, -0.05) is 42.8 Å². The van der Waals surface area contributed by atoms with Crippen molar-refractivity contribution in [1.82, 2.24) is 5.32 Å². The Labute approximate surface area is 131 Å². The summed E-state index contributed by atoms with van der Waals surface area (Å²) in [6.45, 7) is 2.77. The van der Waals surface area contributed by atoms with Gasteiger partial charge in [-0.3, -0.25) is 0 Å². The molecule has 0 radical (unpaired) electrons. The molecule has 0 saturated carbocycles. The van der Waals surface area contributed by atoms with Crippen molar-refractivity contribution in [3.63, 3.8) is 0 Å². The zero-order valence-electron chi connectivity index (χ0n) is 10.5. The number of hydrogen-bond donors (Lipinski definition) is 1. The summed E-state index contributed by atoms with van der Waals surface area (Å²) >= 11 is 8.09. The summed E-state index contributed by atoms with van der Waals surface area (Å²) in [6.07, 6.45) is 0. The zero-order valence-corrected chi connectivity index (χ0v) is 13.4. The molecule has 1 N–H and O–H groups in total. The van der Waals surface area contributed by atoms with Crippen LogP contribution < -0.4 is 5.32 Å². The Morgan fingerprint density at radius 2 is 1.95 bits per heavy atom. The van der Waals surface area contributed by atoms with Gasteiger partial charge in [-0.2, -0.15) is 0 Å². The van der Waals surface area contributed by atoms with Crippen LogP contribution in [-0.2, 0) is 0 Å². The van der Waals surface area contributed by atoms with Crippen LogP contribution in [0, 0.1) is 9.39 Å². The molecule has 0 aliphatic rings. The molecule has 0 aliphatic carbocycles. The SMILES string of the molecule is CCNC(c1ccc(Cl)cc1F)c1ccccc1I. The lowest BCUT2D eigenvalue weighted by atomic mass is 9.98. The molecule has 2 aromatic rings. The molecule has 0 heterocycles. The molecular weight excluding hydrogens is 376 g/mol. The number of hydrogen-bond acceptors (Lipinski definition) is 1. The topological polar surface area (TPSA) is 12.0 Å². The molecule has 1 unspecified atom stereocenters. The van der Waals surface area contributed by atoms with Gasteiger partial charge in [0.1, 0.15) is 5.82 Å². The van der Waals surface area contributed by atoms with Crippen molar-refractivity contribution in [2.45, 2.75) is 13.0 Å². The first-order chi connectivity index (χ1) is 9.13. The molecule has 1 nitrogen and oxygen atoms in total. The molecule has 0 bridgehead atoms. The Balaban J connectivity index is 2.48. The van der Waals surface area contributed by atoms with Crippen molar-refractivity contribution < 1.29 is 4.39 Å². The number of benzene rings is 2. The lowest BCUT2D eigenvalue weighted by molar-refractivity contribution is 0.558. The average molecular weight is 390 g/mol. The lowest BCUT2D eigenvalue weighted by Gasteiger charge is -2.21. The van der Waals surface area contributed by atoms with Crippen molar-refractivity contribution >= 4 is 34.2 Å². The maximum atomic E-state index is 14.1. The zero-order chi connectivity index (χ0) is 13.8. The van der Waals surface area contributed by atoms with E-state index in [1.54, 1.807) is 12.1 Å². The highest BCUT2D eigenvalue weighted by Crippen LogP contribution is 2.29. The molecular formula is C15H14ClFIN. The quantitative estimate of drug-likeness (QED) is 0.742. The highest BCUT2D eigenvalue weighted by Gasteiger charge is 2.19. The van der Waals surface area contributed by atoms with E-state index < -0.39 is 0 Å². The normalized spacial score (nSPS) is 12.4. The minimum Gasteiger partial charge on any atom is -0.306 e. The van der Waals surface area contributed by atoms with Gasteiger partial charge in [0, 0.05) is 14.2 Å². The Morgan fingerprint density at radius 3 is 2.58 bits per heavy atom. The molecule has 0 aliphatic heterocycles. The Bertz CT molecular complexity index is 574. The van der Waals surface area contributed by atoms with E-state index >= 15 is 0 Å². The Morgan fingerprint density at radius 1 is 1.21 bits per heavy atom. The maximum absolute atomic E-state index is 14.1. The second-order valence-electron chi connectivity index (χ2n) is 4.18. The van der Waals surface area contributed by atoms with Crippen LogP contribution in [-0.4, -0.2) is 6.54 Å². The summed E-state index contributed by atoms with van der Waals surface area (Å²) in [4.78, 5) is 0. The molecule has 2 rings (SSSR count). The molecule has 1 atom stereocenters. The highest BCUT2D eigenvalue weighted by atomic mass is 127. The predicted molar refractivity (Wildman–Crippen MR) is 86.1 cm³/mol. The van der Waals surface area contributed by atoms with Gasteiger partial charge in [-0.15, -0.1) is 0 Å². The summed E-state index contributed by atoms with van der Waals surface area (Å²) in [5.74, 6) is -0.280. The van der Waals surface area contributed by atoms with Crippen LogP contribution in [0.15, 0.2) is 42.5 Å². The number of rotatable bonds is 4. The van der Waals surface area contributed by atoms with E-state index in [1.807, 2.05) is 31.2 Å². The number of nitrogens with one attached hydrogen (secondary N) is 1. The smallest absolute Gasteiger partial charge is 0.129 e. The van der Waals surface area contributed by atoms with Gasteiger partial charge in [0.2, 0.25) is 0 Å². The molecule has 0 amide bonds. The van der Waals surface area contributed by atoms with E-state index in [4.69, 9.17) is 11.6 Å². The van der Waals surface area contributed by atoms with Crippen LogP contribution in [0.4, 0.5) is 4.39 Å². The number of halogens is 3. The summed E-state index contributed by atoms with van der Waals surface area (Å²) in [5.41, 5.74) is 1.70. The predicted octanol–water partition coefficient (Wildman–Crippen LogP) is 4.78. The van der Waals surface area contributed by atoms with Gasteiger partial charge >= 0.3 is 0 Å². The summed E-state index contributed by atoms with van der Waals surface area (Å²) in [7, 11) is 0. The van der Waals surface area contributed by atoms with Crippen LogP contribution >= 0.6 is 34.2 Å². The van der Waals surface area contributed by atoms with E-state index in [-0.39, 0.29) is 11.9 Å². The standard InChI is InChI=1S/C15H14ClFIN/c1-2-19-15(12-5-3-4-6-14(12)18)11-8-7-10(16)9-13(11)17/h3-9,15,19H,2H2,1H3. The second-order valence-corrected chi connectivity index (χ2v) is 5.78. The fourth-order valence-corrected chi connectivity index (χ4v) is 2.89. The monoisotopic (exact) mass is 389 g/mol. The third-order valence-corrected chi connectivity index (χ3v) is 4.12. The van der Waals surface area contributed by atoms with E-state index in [0.29, 0.717) is 10.6 Å². The average Bonchev–Trinajstić information content (AvgIpc) is 2.38. The van der Waals surface area contributed by atoms with E-state index in [0.717, 1.165) is 15.7 Å². The molecule has 4 heteroatoms.